The molecular formula is C20H16BrClN2O. The van der Waals surface area contributed by atoms with Gasteiger partial charge < -0.3 is 5.32 Å². The van der Waals surface area contributed by atoms with Gasteiger partial charge in [0.1, 0.15) is 11.6 Å². The van der Waals surface area contributed by atoms with Gasteiger partial charge in [0, 0.05) is 20.8 Å². The molecule has 2 aromatic carbocycles. The van der Waals surface area contributed by atoms with E-state index in [1.54, 1.807) is 24.3 Å². The topological polar surface area (TPSA) is 52.9 Å². The second kappa shape index (κ2) is 7.86. The Kier molecular flexibility index (Phi) is 5.57. The van der Waals surface area contributed by atoms with Crippen LogP contribution in [0.3, 0.4) is 0 Å². The Bertz CT molecular complexity index is 851. The fourth-order valence-corrected chi connectivity index (χ4v) is 3.37. The van der Waals surface area contributed by atoms with Gasteiger partial charge in [0.25, 0.3) is 0 Å². The molecule has 0 bridgehead atoms. The minimum absolute atomic E-state index is 0.109. The zero-order valence-electron chi connectivity index (χ0n) is 13.4. The minimum Gasteiger partial charge on any atom is -0.380 e. The number of Topliss-reactive ketones (excluding diaryl/α,β-unsaturated/α-hetero) is 1. The van der Waals surface area contributed by atoms with E-state index < -0.39 is 0 Å². The highest BCUT2D eigenvalue weighted by Gasteiger charge is 2.24. The Hall–Kier alpha value is -2.09. The summed E-state index contributed by atoms with van der Waals surface area (Å²) >= 11 is 9.31. The Morgan fingerprint density at radius 3 is 2.48 bits per heavy atom. The zero-order valence-corrected chi connectivity index (χ0v) is 15.8. The first-order valence-electron chi connectivity index (χ1n) is 8.04. The van der Waals surface area contributed by atoms with E-state index in [-0.39, 0.29) is 17.4 Å². The van der Waals surface area contributed by atoms with E-state index in [2.05, 4.69) is 39.4 Å². The molecule has 1 aliphatic rings. The predicted molar refractivity (Wildman–Crippen MR) is 102 cm³/mol. The molecule has 1 aliphatic heterocycles. The highest BCUT2D eigenvalue weighted by molar-refractivity contribution is 9.10. The van der Waals surface area contributed by atoms with Crippen LogP contribution in [0.2, 0.25) is 5.02 Å². The minimum atomic E-state index is -0.266. The van der Waals surface area contributed by atoms with Crippen LogP contribution in [0.4, 0.5) is 0 Å². The molecule has 0 aliphatic carbocycles. The van der Waals surface area contributed by atoms with Gasteiger partial charge in [-0.3, -0.25) is 4.79 Å². The molecule has 1 heterocycles. The van der Waals surface area contributed by atoms with Gasteiger partial charge in [0.05, 0.1) is 6.04 Å². The summed E-state index contributed by atoms with van der Waals surface area (Å²) in [6.07, 6.45) is 2.61. The van der Waals surface area contributed by atoms with Crippen LogP contribution in [-0.2, 0) is 0 Å². The number of allylic oxidation sites excluding steroid dienone is 2. The molecule has 2 aromatic rings. The van der Waals surface area contributed by atoms with Crippen molar-refractivity contribution >= 4 is 33.3 Å². The van der Waals surface area contributed by atoms with Crippen LogP contribution in [0.1, 0.15) is 41.2 Å². The third kappa shape index (κ3) is 4.12. The van der Waals surface area contributed by atoms with Crippen LogP contribution < -0.4 is 5.32 Å². The summed E-state index contributed by atoms with van der Waals surface area (Å²) in [6.45, 7) is 0. The number of carbonyl (C=O) groups excluding carboxylic acids is 1. The molecule has 25 heavy (non-hydrogen) atoms. The fraction of sp³-hybridized carbons (Fsp3) is 0.200. The van der Waals surface area contributed by atoms with Crippen LogP contribution in [0.25, 0.3) is 0 Å². The quantitative estimate of drug-likeness (QED) is 0.404. The Labute approximate surface area is 160 Å². The van der Waals surface area contributed by atoms with E-state index in [0.29, 0.717) is 17.0 Å². The van der Waals surface area contributed by atoms with Gasteiger partial charge in [-0.15, -0.1) is 0 Å². The normalized spacial score (nSPS) is 18.8. The molecule has 1 fully saturated rings. The van der Waals surface area contributed by atoms with Gasteiger partial charge in [-0.25, -0.2) is 0 Å². The first-order valence-corrected chi connectivity index (χ1v) is 9.21. The third-order valence-electron chi connectivity index (χ3n) is 4.29. The molecule has 1 saturated heterocycles. The molecule has 0 radical (unpaired) electrons. The molecule has 0 aromatic heterocycles. The number of nitriles is 1. The molecule has 3 rings (SSSR count). The number of benzene rings is 2. The number of halogens is 2. The van der Waals surface area contributed by atoms with Crippen LogP contribution in [0.5, 0.6) is 0 Å². The number of piperidine rings is 1. The van der Waals surface area contributed by atoms with Gasteiger partial charge in [-0.05, 0) is 61.2 Å². The number of hydrogen-bond acceptors (Lipinski definition) is 3. The van der Waals surface area contributed by atoms with E-state index in [0.717, 1.165) is 28.6 Å². The van der Waals surface area contributed by atoms with E-state index in [1.165, 1.54) is 0 Å². The van der Waals surface area contributed by atoms with Crippen molar-refractivity contribution in [2.45, 2.75) is 25.3 Å². The lowest BCUT2D eigenvalue weighted by atomic mass is 9.92. The van der Waals surface area contributed by atoms with Crippen molar-refractivity contribution in [3.05, 3.63) is 80.4 Å². The lowest BCUT2D eigenvalue weighted by Gasteiger charge is -2.28. The maximum atomic E-state index is 12.7. The average Bonchev–Trinajstić information content (AvgIpc) is 2.64. The SMILES string of the molecule is N#C/C(C(=O)c1ccc(Cl)cc1)=C1\CCCC(c2ccc(Br)cc2)N1. The van der Waals surface area contributed by atoms with Crippen molar-refractivity contribution in [3.63, 3.8) is 0 Å². The average molecular weight is 416 g/mol. The van der Waals surface area contributed by atoms with Gasteiger partial charge in [-0.2, -0.15) is 5.26 Å². The van der Waals surface area contributed by atoms with E-state index in [1.807, 2.05) is 12.1 Å². The van der Waals surface area contributed by atoms with Crippen molar-refractivity contribution in [3.8, 4) is 6.07 Å². The van der Waals surface area contributed by atoms with Crippen molar-refractivity contribution in [2.24, 2.45) is 0 Å². The number of hydrogen-bond donors (Lipinski definition) is 1. The summed E-state index contributed by atoms with van der Waals surface area (Å²) in [5.74, 6) is -0.266. The summed E-state index contributed by atoms with van der Waals surface area (Å²) in [5.41, 5.74) is 2.53. The fourth-order valence-electron chi connectivity index (χ4n) is 2.98. The summed E-state index contributed by atoms with van der Waals surface area (Å²) in [6, 6.07) is 16.9. The van der Waals surface area contributed by atoms with Crippen LogP contribution in [-0.4, -0.2) is 5.78 Å². The molecule has 1 N–H and O–H groups in total. The predicted octanol–water partition coefficient (Wildman–Crippen LogP) is 5.58. The van der Waals surface area contributed by atoms with E-state index in [4.69, 9.17) is 11.6 Å². The van der Waals surface area contributed by atoms with Crippen molar-refractivity contribution in [1.29, 1.82) is 5.26 Å². The molecule has 126 valence electrons. The summed E-state index contributed by atoms with van der Waals surface area (Å²) in [4.78, 5) is 12.7. The number of ketones is 1. The standard InChI is InChI=1S/C20H16BrClN2O/c21-15-8-4-13(5-9-15)18-2-1-3-19(24-18)17(12-23)20(25)14-6-10-16(22)11-7-14/h4-11,18,24H,1-3H2/b19-17-. The lowest BCUT2D eigenvalue weighted by Crippen LogP contribution is -2.27. The van der Waals surface area contributed by atoms with Gasteiger partial charge >= 0.3 is 0 Å². The third-order valence-corrected chi connectivity index (χ3v) is 5.07. The highest BCUT2D eigenvalue weighted by Crippen LogP contribution is 2.30. The molecular weight excluding hydrogens is 400 g/mol. The zero-order chi connectivity index (χ0) is 17.8. The maximum Gasteiger partial charge on any atom is 0.205 e. The Morgan fingerprint density at radius 1 is 1.16 bits per heavy atom. The number of rotatable bonds is 3. The number of nitrogens with one attached hydrogen (secondary N) is 1. The van der Waals surface area contributed by atoms with Crippen molar-refractivity contribution in [1.82, 2.24) is 5.32 Å². The molecule has 3 nitrogen and oxygen atoms in total. The second-order valence-corrected chi connectivity index (χ2v) is 7.29. The van der Waals surface area contributed by atoms with Crippen LogP contribution in [0, 0.1) is 11.3 Å². The van der Waals surface area contributed by atoms with Gasteiger partial charge in [0.2, 0.25) is 5.78 Å². The molecule has 5 heteroatoms. The summed E-state index contributed by atoms with van der Waals surface area (Å²) in [5, 5.41) is 13.5. The smallest absolute Gasteiger partial charge is 0.205 e. The summed E-state index contributed by atoms with van der Waals surface area (Å²) in [7, 11) is 0. The largest absolute Gasteiger partial charge is 0.380 e. The lowest BCUT2D eigenvalue weighted by molar-refractivity contribution is 0.103. The Balaban J connectivity index is 1.88. The summed E-state index contributed by atoms with van der Waals surface area (Å²) < 4.78 is 1.03. The number of nitrogens with zero attached hydrogens (tertiary/aromatic N) is 1. The first-order chi connectivity index (χ1) is 12.1. The van der Waals surface area contributed by atoms with Crippen molar-refractivity contribution < 1.29 is 4.79 Å². The first kappa shape index (κ1) is 17.7. The van der Waals surface area contributed by atoms with E-state index >= 15 is 0 Å². The van der Waals surface area contributed by atoms with Crippen LogP contribution in [0.15, 0.2) is 64.3 Å². The van der Waals surface area contributed by atoms with E-state index in [9.17, 15) is 10.1 Å². The Morgan fingerprint density at radius 2 is 1.84 bits per heavy atom. The molecule has 1 atom stereocenters. The van der Waals surface area contributed by atoms with Crippen molar-refractivity contribution in [2.75, 3.05) is 0 Å². The number of carbonyl (C=O) groups is 1. The highest BCUT2D eigenvalue weighted by atomic mass is 79.9. The molecule has 0 spiro atoms. The second-order valence-electron chi connectivity index (χ2n) is 5.94. The maximum absolute atomic E-state index is 12.7. The molecule has 0 saturated carbocycles. The van der Waals surface area contributed by atoms with Gasteiger partial charge in [-0.1, -0.05) is 39.7 Å². The molecule has 0 amide bonds. The van der Waals surface area contributed by atoms with Crippen LogP contribution >= 0.6 is 27.5 Å². The molecule has 1 unspecified atom stereocenters. The monoisotopic (exact) mass is 414 g/mol. The van der Waals surface area contributed by atoms with Gasteiger partial charge in [0.15, 0.2) is 0 Å².